The van der Waals surface area contributed by atoms with Gasteiger partial charge in [-0.3, -0.25) is 4.79 Å². The van der Waals surface area contributed by atoms with E-state index < -0.39 is 18.6 Å². The molecule has 0 aromatic rings. The second-order valence-corrected chi connectivity index (χ2v) is 7.49. The van der Waals surface area contributed by atoms with Crippen LogP contribution in [0.15, 0.2) is 0 Å². The fourth-order valence-electron chi connectivity index (χ4n) is 2.38. The number of hydrogen-bond donors (Lipinski definition) is 3. The Morgan fingerprint density at radius 1 is 0.864 bits per heavy atom. The van der Waals surface area contributed by atoms with Crippen molar-refractivity contribution in [3.05, 3.63) is 0 Å². The van der Waals surface area contributed by atoms with Gasteiger partial charge in [0.05, 0.1) is 6.61 Å². The first kappa shape index (κ1) is 22.0. The highest BCUT2D eigenvalue weighted by molar-refractivity contribution is 7.58. The Morgan fingerprint density at radius 2 is 1.32 bits per heavy atom. The lowest BCUT2D eigenvalue weighted by atomic mass is 10.1. The summed E-state index contributed by atoms with van der Waals surface area (Å²) in [7, 11) is -0.315. The van der Waals surface area contributed by atoms with Crippen molar-refractivity contribution < 1.29 is 20.1 Å². The van der Waals surface area contributed by atoms with Crippen molar-refractivity contribution in [2.45, 2.75) is 95.9 Å². The summed E-state index contributed by atoms with van der Waals surface area (Å²) in [4.78, 5) is 11.6. The average Bonchev–Trinajstić information content (AvgIpc) is 2.51. The summed E-state index contributed by atoms with van der Waals surface area (Å²) in [5.41, 5.74) is -0.00377. The van der Waals surface area contributed by atoms with E-state index in [0.29, 0.717) is 6.42 Å². The number of unbranched alkanes of at least 4 members (excludes halogenated alkanes) is 10. The maximum Gasteiger partial charge on any atom is 0.154 e. The molecule has 0 aliphatic carbocycles. The highest BCUT2D eigenvalue weighted by Gasteiger charge is 2.18. The molecular weight excluding hydrogens is 299 g/mol. The van der Waals surface area contributed by atoms with E-state index in [4.69, 9.17) is 5.11 Å². The first-order valence-corrected chi connectivity index (χ1v) is 9.96. The predicted octanol–water partition coefficient (Wildman–Crippen LogP) is 3.56. The fourth-order valence-corrected chi connectivity index (χ4v) is 3.33. The Bertz CT molecular complexity index is 261. The molecule has 3 atom stereocenters. The van der Waals surface area contributed by atoms with Gasteiger partial charge in [-0.15, -0.1) is 0 Å². The Labute approximate surface area is 137 Å². The van der Waals surface area contributed by atoms with Crippen LogP contribution in [-0.2, 0) is 4.79 Å². The van der Waals surface area contributed by atoms with Crippen molar-refractivity contribution in [2.75, 3.05) is 6.61 Å². The zero-order chi connectivity index (χ0) is 16.6. The molecule has 0 amide bonds. The molecule has 4 nitrogen and oxygen atoms in total. The quantitative estimate of drug-likeness (QED) is 0.298. The van der Waals surface area contributed by atoms with Gasteiger partial charge in [-0.1, -0.05) is 71.1 Å². The van der Waals surface area contributed by atoms with Gasteiger partial charge in [0, 0.05) is 6.42 Å². The van der Waals surface area contributed by atoms with Crippen molar-refractivity contribution in [1.82, 2.24) is 0 Å². The van der Waals surface area contributed by atoms with E-state index in [1.165, 1.54) is 57.8 Å². The molecule has 22 heavy (non-hydrogen) atoms. The number of rotatable bonds is 16. The van der Waals surface area contributed by atoms with Crippen LogP contribution in [0.1, 0.15) is 84.0 Å². The normalized spacial score (nSPS) is 14.5. The predicted molar refractivity (Wildman–Crippen MR) is 93.5 cm³/mol. The monoisotopic (exact) mass is 334 g/mol. The van der Waals surface area contributed by atoms with Crippen molar-refractivity contribution >= 4 is 14.1 Å². The maximum atomic E-state index is 11.6. The van der Waals surface area contributed by atoms with Crippen LogP contribution < -0.4 is 0 Å². The fraction of sp³-hybridized carbons (Fsp3) is 0.941. The third-order valence-corrected chi connectivity index (χ3v) is 5.12. The molecule has 0 fully saturated rings. The molecule has 132 valence electrons. The molecule has 0 aliphatic heterocycles. The molecule has 0 bridgehead atoms. The number of hydrogen-bond acceptors (Lipinski definition) is 4. The van der Waals surface area contributed by atoms with Gasteiger partial charge < -0.3 is 15.3 Å². The third kappa shape index (κ3) is 13.6. The number of aliphatic hydroxyl groups excluding tert-OH is 3. The van der Waals surface area contributed by atoms with E-state index in [2.05, 4.69) is 6.92 Å². The standard InChI is InChI=1S/C17H35O4P/c1-2-3-4-5-6-7-8-9-10-11-12-13-16(20)22-17(21)15(19)14-18/h15,17-19,21-22H,2-14H2,1H3. The van der Waals surface area contributed by atoms with E-state index in [1.54, 1.807) is 0 Å². The lowest BCUT2D eigenvalue weighted by molar-refractivity contribution is -0.111. The van der Waals surface area contributed by atoms with Crippen LogP contribution in [0, 0.1) is 0 Å². The number of aliphatic hydroxyl groups is 3. The van der Waals surface area contributed by atoms with Gasteiger partial charge >= 0.3 is 0 Å². The maximum absolute atomic E-state index is 11.6. The molecular formula is C17H35O4P. The smallest absolute Gasteiger partial charge is 0.154 e. The molecule has 0 aromatic carbocycles. The number of carbonyl (C=O) groups excluding carboxylic acids is 1. The van der Waals surface area contributed by atoms with Crippen LogP contribution in [0.3, 0.4) is 0 Å². The summed E-state index contributed by atoms with van der Waals surface area (Å²) in [5, 5.41) is 27.3. The van der Waals surface area contributed by atoms with Crippen LogP contribution in [0.25, 0.3) is 0 Å². The second-order valence-electron chi connectivity index (χ2n) is 6.05. The molecule has 0 saturated carbocycles. The minimum atomic E-state index is -1.19. The summed E-state index contributed by atoms with van der Waals surface area (Å²) < 4.78 is 0. The summed E-state index contributed by atoms with van der Waals surface area (Å²) in [6.45, 7) is 1.74. The molecule has 0 heterocycles. The molecule has 0 rings (SSSR count). The molecule has 0 saturated heterocycles. The van der Waals surface area contributed by atoms with Crippen molar-refractivity contribution in [3.63, 3.8) is 0 Å². The molecule has 5 heteroatoms. The lowest BCUT2D eigenvalue weighted by Gasteiger charge is -2.14. The SMILES string of the molecule is CCCCCCCCCCCCCC(=O)PC(O)C(O)CO. The average molecular weight is 334 g/mol. The highest BCUT2D eigenvalue weighted by atomic mass is 31.1. The first-order chi connectivity index (χ1) is 10.6. The Balaban J connectivity index is 3.30. The van der Waals surface area contributed by atoms with Gasteiger partial charge in [0.25, 0.3) is 0 Å². The Morgan fingerprint density at radius 3 is 1.77 bits per heavy atom. The second kappa shape index (κ2) is 15.9. The summed E-state index contributed by atoms with van der Waals surface area (Å²) in [5.74, 6) is -1.11. The largest absolute Gasteiger partial charge is 0.394 e. The van der Waals surface area contributed by atoms with Gasteiger partial charge in [-0.25, -0.2) is 0 Å². The molecule has 0 aromatic heterocycles. The van der Waals surface area contributed by atoms with Crippen molar-refractivity contribution in [2.24, 2.45) is 0 Å². The lowest BCUT2D eigenvalue weighted by Crippen LogP contribution is -2.26. The van der Waals surface area contributed by atoms with E-state index in [-0.39, 0.29) is 14.1 Å². The molecule has 0 aliphatic rings. The van der Waals surface area contributed by atoms with Gasteiger partial charge in [0.2, 0.25) is 0 Å². The summed E-state index contributed by atoms with van der Waals surface area (Å²) >= 11 is 0. The van der Waals surface area contributed by atoms with Gasteiger partial charge in [0.1, 0.15) is 11.9 Å². The third-order valence-electron chi connectivity index (χ3n) is 3.87. The van der Waals surface area contributed by atoms with E-state index in [0.717, 1.165) is 12.8 Å². The van der Waals surface area contributed by atoms with Crippen LogP contribution in [0.2, 0.25) is 0 Å². The van der Waals surface area contributed by atoms with Crippen LogP contribution in [-0.4, -0.2) is 39.4 Å². The van der Waals surface area contributed by atoms with Crippen LogP contribution in [0.5, 0.6) is 0 Å². The summed E-state index contributed by atoms with van der Waals surface area (Å²) in [6.07, 6.45) is 13.0. The van der Waals surface area contributed by atoms with E-state index >= 15 is 0 Å². The molecule has 3 N–H and O–H groups in total. The van der Waals surface area contributed by atoms with Crippen LogP contribution >= 0.6 is 8.58 Å². The van der Waals surface area contributed by atoms with Crippen LogP contribution in [0.4, 0.5) is 0 Å². The zero-order valence-corrected chi connectivity index (χ0v) is 15.1. The van der Waals surface area contributed by atoms with E-state index in [1.807, 2.05) is 0 Å². The molecule has 3 unspecified atom stereocenters. The molecule has 0 spiro atoms. The topological polar surface area (TPSA) is 77.8 Å². The summed E-state index contributed by atoms with van der Waals surface area (Å²) in [6, 6.07) is 0. The zero-order valence-electron chi connectivity index (χ0n) is 14.1. The first-order valence-electron chi connectivity index (χ1n) is 8.88. The van der Waals surface area contributed by atoms with E-state index in [9.17, 15) is 15.0 Å². The number of carbonyl (C=O) groups is 1. The van der Waals surface area contributed by atoms with Crippen molar-refractivity contribution in [1.29, 1.82) is 0 Å². The Kier molecular flexibility index (Phi) is 15.8. The minimum Gasteiger partial charge on any atom is -0.394 e. The van der Waals surface area contributed by atoms with Gasteiger partial charge in [-0.2, -0.15) is 0 Å². The minimum absolute atomic E-state index is 0.00377. The van der Waals surface area contributed by atoms with Gasteiger partial charge in [0.15, 0.2) is 5.52 Å². The Hall–Kier alpha value is -0.0200. The van der Waals surface area contributed by atoms with Crippen molar-refractivity contribution in [3.8, 4) is 0 Å². The highest BCUT2D eigenvalue weighted by Crippen LogP contribution is 2.24. The molecule has 0 radical (unpaired) electrons. The van der Waals surface area contributed by atoms with Gasteiger partial charge in [-0.05, 0) is 15.0 Å².